The SMILES string of the molecule is Cc1nc(Cl)nc(NCC2(O)CCCCCC2)c1N. The van der Waals surface area contributed by atoms with Crippen LogP contribution in [0.5, 0.6) is 0 Å². The van der Waals surface area contributed by atoms with Crippen LogP contribution in [0.4, 0.5) is 11.5 Å². The van der Waals surface area contributed by atoms with E-state index in [4.69, 9.17) is 17.3 Å². The van der Waals surface area contributed by atoms with Gasteiger partial charge in [0.15, 0.2) is 5.82 Å². The zero-order valence-corrected chi connectivity index (χ0v) is 12.0. The van der Waals surface area contributed by atoms with Gasteiger partial charge in [0.2, 0.25) is 5.28 Å². The Balaban J connectivity index is 2.05. The van der Waals surface area contributed by atoms with E-state index in [1.165, 1.54) is 12.8 Å². The fourth-order valence-electron chi connectivity index (χ4n) is 2.49. The molecule has 0 spiro atoms. The van der Waals surface area contributed by atoms with Crippen molar-refractivity contribution in [3.63, 3.8) is 0 Å². The fourth-order valence-corrected chi connectivity index (χ4v) is 2.71. The lowest BCUT2D eigenvalue weighted by molar-refractivity contribution is 0.0380. The van der Waals surface area contributed by atoms with Crippen molar-refractivity contribution in [3.8, 4) is 0 Å². The Bertz CT molecular complexity index is 445. The van der Waals surface area contributed by atoms with Crippen LogP contribution in [-0.4, -0.2) is 27.2 Å². The molecule has 106 valence electrons. The predicted molar refractivity (Wildman–Crippen MR) is 77.3 cm³/mol. The van der Waals surface area contributed by atoms with Crippen LogP contribution < -0.4 is 11.1 Å². The van der Waals surface area contributed by atoms with Crippen molar-refractivity contribution in [3.05, 3.63) is 11.0 Å². The first-order chi connectivity index (χ1) is 9.00. The van der Waals surface area contributed by atoms with Gasteiger partial charge in [-0.2, -0.15) is 4.98 Å². The Hall–Kier alpha value is -1.07. The number of aryl methyl sites for hydroxylation is 1. The van der Waals surface area contributed by atoms with Crippen molar-refractivity contribution in [1.29, 1.82) is 0 Å². The van der Waals surface area contributed by atoms with Gasteiger partial charge in [0.05, 0.1) is 17.0 Å². The van der Waals surface area contributed by atoms with E-state index in [9.17, 15) is 5.11 Å². The number of hydrogen-bond donors (Lipinski definition) is 3. The second-order valence-corrected chi connectivity index (χ2v) is 5.67. The van der Waals surface area contributed by atoms with Crippen LogP contribution in [0.2, 0.25) is 5.28 Å². The first-order valence-electron chi connectivity index (χ1n) is 6.76. The standard InChI is InChI=1S/C13H21ClN4O/c1-9-10(15)11(18-12(14)17-9)16-8-13(19)6-4-2-3-5-7-13/h19H,2-8,15H2,1H3,(H,16,17,18). The molecule has 0 saturated heterocycles. The Labute approximate surface area is 118 Å². The molecule has 2 rings (SSSR count). The topological polar surface area (TPSA) is 84.1 Å². The third-order valence-corrected chi connectivity index (χ3v) is 3.90. The van der Waals surface area contributed by atoms with Crippen molar-refractivity contribution in [1.82, 2.24) is 9.97 Å². The highest BCUT2D eigenvalue weighted by Gasteiger charge is 2.28. The number of nitrogen functional groups attached to an aromatic ring is 1. The molecule has 0 amide bonds. The molecule has 0 aliphatic heterocycles. The van der Waals surface area contributed by atoms with Crippen molar-refractivity contribution < 1.29 is 5.11 Å². The van der Waals surface area contributed by atoms with Gasteiger partial charge in [-0.1, -0.05) is 25.7 Å². The number of nitrogens with zero attached hydrogens (tertiary/aromatic N) is 2. The Kier molecular flexibility index (Phi) is 4.47. The van der Waals surface area contributed by atoms with Crippen LogP contribution in [0.25, 0.3) is 0 Å². The van der Waals surface area contributed by atoms with Crippen molar-refractivity contribution in [2.45, 2.75) is 51.0 Å². The lowest BCUT2D eigenvalue weighted by Crippen LogP contribution is -2.36. The van der Waals surface area contributed by atoms with Crippen LogP contribution in [0, 0.1) is 6.92 Å². The summed E-state index contributed by atoms with van der Waals surface area (Å²) in [5, 5.41) is 13.9. The molecule has 1 saturated carbocycles. The summed E-state index contributed by atoms with van der Waals surface area (Å²) in [5.41, 5.74) is 6.38. The number of nitrogens with two attached hydrogens (primary N) is 1. The van der Waals surface area contributed by atoms with E-state index in [1.807, 2.05) is 0 Å². The fraction of sp³-hybridized carbons (Fsp3) is 0.692. The van der Waals surface area contributed by atoms with Gasteiger partial charge in [0.1, 0.15) is 0 Å². The van der Waals surface area contributed by atoms with E-state index in [-0.39, 0.29) is 5.28 Å². The molecule has 6 heteroatoms. The number of hydrogen-bond acceptors (Lipinski definition) is 5. The van der Waals surface area contributed by atoms with Crippen molar-refractivity contribution in [2.24, 2.45) is 0 Å². The molecule has 1 fully saturated rings. The van der Waals surface area contributed by atoms with Gasteiger partial charge in [-0.05, 0) is 31.4 Å². The minimum absolute atomic E-state index is 0.169. The van der Waals surface area contributed by atoms with E-state index >= 15 is 0 Å². The number of aromatic nitrogens is 2. The molecule has 1 aromatic heterocycles. The summed E-state index contributed by atoms with van der Waals surface area (Å²) < 4.78 is 0. The summed E-state index contributed by atoms with van der Waals surface area (Å²) in [6, 6.07) is 0. The average molecular weight is 285 g/mol. The molecular weight excluding hydrogens is 264 g/mol. The summed E-state index contributed by atoms with van der Waals surface area (Å²) in [6.45, 7) is 2.23. The Morgan fingerprint density at radius 1 is 1.26 bits per heavy atom. The molecule has 0 bridgehead atoms. The number of nitrogens with one attached hydrogen (secondary N) is 1. The quantitative estimate of drug-likeness (QED) is 0.587. The van der Waals surface area contributed by atoms with Gasteiger partial charge in [-0.3, -0.25) is 0 Å². The molecule has 1 aliphatic carbocycles. The molecule has 0 radical (unpaired) electrons. The van der Waals surface area contributed by atoms with E-state index in [0.717, 1.165) is 25.7 Å². The monoisotopic (exact) mass is 284 g/mol. The number of rotatable bonds is 3. The molecule has 5 nitrogen and oxygen atoms in total. The van der Waals surface area contributed by atoms with Crippen molar-refractivity contribution in [2.75, 3.05) is 17.6 Å². The number of halogens is 1. The Morgan fingerprint density at radius 3 is 2.53 bits per heavy atom. The van der Waals surface area contributed by atoms with E-state index in [0.29, 0.717) is 23.7 Å². The van der Waals surface area contributed by atoms with Crippen LogP contribution >= 0.6 is 11.6 Å². The first kappa shape index (κ1) is 14.3. The lowest BCUT2D eigenvalue weighted by Gasteiger charge is -2.27. The number of aliphatic hydroxyl groups is 1. The summed E-state index contributed by atoms with van der Waals surface area (Å²) in [7, 11) is 0. The van der Waals surface area contributed by atoms with Crippen LogP contribution in [-0.2, 0) is 0 Å². The minimum atomic E-state index is -0.672. The van der Waals surface area contributed by atoms with Gasteiger partial charge in [0, 0.05) is 6.54 Å². The first-order valence-corrected chi connectivity index (χ1v) is 7.14. The normalized spacial score (nSPS) is 18.9. The maximum absolute atomic E-state index is 10.6. The Morgan fingerprint density at radius 2 is 1.89 bits per heavy atom. The maximum atomic E-state index is 10.6. The summed E-state index contributed by atoms with van der Waals surface area (Å²) in [5.74, 6) is 0.509. The summed E-state index contributed by atoms with van der Waals surface area (Å²) in [6.07, 6.45) is 6.16. The zero-order chi connectivity index (χ0) is 13.9. The van der Waals surface area contributed by atoms with Crippen LogP contribution in [0.1, 0.15) is 44.2 Å². The highest BCUT2D eigenvalue weighted by molar-refractivity contribution is 6.28. The van der Waals surface area contributed by atoms with Gasteiger partial charge < -0.3 is 16.2 Å². The average Bonchev–Trinajstić information content (AvgIpc) is 2.57. The van der Waals surface area contributed by atoms with Gasteiger partial charge in [0.25, 0.3) is 0 Å². The second kappa shape index (κ2) is 5.92. The molecule has 19 heavy (non-hydrogen) atoms. The predicted octanol–water partition coefficient (Wildman–Crippen LogP) is 2.52. The molecule has 1 heterocycles. The molecule has 0 aromatic carbocycles. The van der Waals surface area contributed by atoms with E-state index in [1.54, 1.807) is 6.92 Å². The van der Waals surface area contributed by atoms with Crippen LogP contribution in [0.15, 0.2) is 0 Å². The highest BCUT2D eigenvalue weighted by atomic mass is 35.5. The third-order valence-electron chi connectivity index (χ3n) is 3.73. The second-order valence-electron chi connectivity index (χ2n) is 5.33. The van der Waals surface area contributed by atoms with Gasteiger partial charge >= 0.3 is 0 Å². The lowest BCUT2D eigenvalue weighted by atomic mass is 9.94. The van der Waals surface area contributed by atoms with E-state index < -0.39 is 5.60 Å². The molecular formula is C13H21ClN4O. The molecule has 0 atom stereocenters. The molecule has 1 aliphatic rings. The minimum Gasteiger partial charge on any atom is -0.394 e. The molecule has 1 aromatic rings. The smallest absolute Gasteiger partial charge is 0.224 e. The highest BCUT2D eigenvalue weighted by Crippen LogP contribution is 2.28. The summed E-state index contributed by atoms with van der Waals surface area (Å²) in [4.78, 5) is 8.07. The van der Waals surface area contributed by atoms with Gasteiger partial charge in [-0.25, -0.2) is 4.98 Å². The van der Waals surface area contributed by atoms with Gasteiger partial charge in [-0.15, -0.1) is 0 Å². The zero-order valence-electron chi connectivity index (χ0n) is 11.2. The summed E-state index contributed by atoms with van der Waals surface area (Å²) >= 11 is 5.82. The number of anilines is 2. The van der Waals surface area contributed by atoms with Crippen LogP contribution in [0.3, 0.4) is 0 Å². The maximum Gasteiger partial charge on any atom is 0.224 e. The molecule has 0 unspecified atom stereocenters. The largest absolute Gasteiger partial charge is 0.394 e. The van der Waals surface area contributed by atoms with E-state index in [2.05, 4.69) is 15.3 Å². The molecule has 4 N–H and O–H groups in total. The third kappa shape index (κ3) is 3.70. The van der Waals surface area contributed by atoms with Crippen molar-refractivity contribution >= 4 is 23.1 Å².